The first-order valence-electron chi connectivity index (χ1n) is 6.48. The van der Waals surface area contributed by atoms with E-state index < -0.39 is 0 Å². The number of anilines is 1. The molecule has 20 heavy (non-hydrogen) atoms. The first-order valence-corrected chi connectivity index (χ1v) is 7.24. The molecule has 0 bridgehead atoms. The molecule has 0 aliphatic heterocycles. The molecular weight excluding hydrogens is 291 g/mol. The van der Waals surface area contributed by atoms with Gasteiger partial charge in [-0.3, -0.25) is 0 Å². The maximum absolute atomic E-state index is 6.25. The van der Waals surface area contributed by atoms with E-state index in [4.69, 9.17) is 28.9 Å². The molecule has 2 aromatic rings. The highest BCUT2D eigenvalue weighted by Crippen LogP contribution is 2.33. The van der Waals surface area contributed by atoms with Crippen LogP contribution in [0.4, 0.5) is 5.69 Å². The molecule has 0 aromatic heterocycles. The Balaban J connectivity index is 2.54. The molecule has 0 heterocycles. The van der Waals surface area contributed by atoms with E-state index in [1.165, 1.54) is 0 Å². The molecule has 0 saturated carbocycles. The summed E-state index contributed by atoms with van der Waals surface area (Å²) in [6.07, 6.45) is 0. The monoisotopic (exact) mass is 308 g/mol. The molecule has 0 spiro atoms. The highest BCUT2D eigenvalue weighted by Gasteiger charge is 2.18. The molecule has 2 nitrogen and oxygen atoms in total. The van der Waals surface area contributed by atoms with E-state index in [0.29, 0.717) is 10.0 Å². The maximum atomic E-state index is 6.25. The van der Waals surface area contributed by atoms with Gasteiger partial charge in [-0.05, 0) is 54.9 Å². The van der Waals surface area contributed by atoms with Crippen LogP contribution in [0.5, 0.6) is 0 Å². The average Bonchev–Trinajstić information content (AvgIpc) is 2.40. The van der Waals surface area contributed by atoms with Crippen molar-refractivity contribution in [2.75, 3.05) is 19.3 Å². The summed E-state index contributed by atoms with van der Waals surface area (Å²) < 4.78 is 0. The van der Waals surface area contributed by atoms with Gasteiger partial charge in [0, 0.05) is 28.2 Å². The van der Waals surface area contributed by atoms with Crippen LogP contribution in [-0.4, -0.2) is 13.6 Å². The molecule has 0 fully saturated rings. The lowest BCUT2D eigenvalue weighted by atomic mass is 9.88. The normalized spacial score (nSPS) is 12.4. The SMILES string of the molecule is CNCC(c1cccc(N)c1)c1cc(Cl)cc(Cl)c1C. The summed E-state index contributed by atoms with van der Waals surface area (Å²) in [5.41, 5.74) is 9.99. The van der Waals surface area contributed by atoms with Gasteiger partial charge in [0.05, 0.1) is 0 Å². The van der Waals surface area contributed by atoms with E-state index in [-0.39, 0.29) is 5.92 Å². The van der Waals surface area contributed by atoms with Gasteiger partial charge in [-0.15, -0.1) is 0 Å². The Labute approximate surface area is 129 Å². The first-order chi connectivity index (χ1) is 9.52. The Hall–Kier alpha value is -1.22. The molecule has 0 aliphatic carbocycles. The summed E-state index contributed by atoms with van der Waals surface area (Å²) in [6.45, 7) is 2.81. The van der Waals surface area contributed by atoms with E-state index in [2.05, 4.69) is 11.4 Å². The van der Waals surface area contributed by atoms with Gasteiger partial charge in [0.2, 0.25) is 0 Å². The standard InChI is InChI=1S/C16H18Cl2N2/c1-10-14(7-12(17)8-16(10)18)15(9-20-2)11-4-3-5-13(19)6-11/h3-8,15,20H,9,19H2,1-2H3. The van der Waals surface area contributed by atoms with Crippen LogP contribution in [0.25, 0.3) is 0 Å². The molecule has 106 valence electrons. The Morgan fingerprint density at radius 2 is 1.95 bits per heavy atom. The minimum Gasteiger partial charge on any atom is -0.399 e. The smallest absolute Gasteiger partial charge is 0.0452 e. The summed E-state index contributed by atoms with van der Waals surface area (Å²) in [7, 11) is 1.93. The molecular formula is C16H18Cl2N2. The van der Waals surface area contributed by atoms with E-state index in [1.807, 2.05) is 38.2 Å². The third kappa shape index (κ3) is 3.26. The van der Waals surface area contributed by atoms with Crippen LogP contribution in [0.2, 0.25) is 10.0 Å². The fourth-order valence-electron chi connectivity index (χ4n) is 2.41. The van der Waals surface area contributed by atoms with Crippen LogP contribution in [0, 0.1) is 6.92 Å². The van der Waals surface area contributed by atoms with Crippen molar-refractivity contribution in [3.05, 3.63) is 63.1 Å². The fraction of sp³-hybridized carbons (Fsp3) is 0.250. The van der Waals surface area contributed by atoms with Crippen LogP contribution in [0.15, 0.2) is 36.4 Å². The zero-order valence-corrected chi connectivity index (χ0v) is 13.1. The number of halogens is 2. The number of nitrogen functional groups attached to an aromatic ring is 1. The molecule has 0 radical (unpaired) electrons. The zero-order chi connectivity index (χ0) is 14.7. The number of benzene rings is 2. The average molecular weight is 309 g/mol. The van der Waals surface area contributed by atoms with Crippen molar-refractivity contribution < 1.29 is 0 Å². The molecule has 0 amide bonds. The molecule has 0 aliphatic rings. The molecule has 0 saturated heterocycles. The molecule has 1 unspecified atom stereocenters. The minimum absolute atomic E-state index is 0.166. The van der Waals surface area contributed by atoms with Gasteiger partial charge in [-0.25, -0.2) is 0 Å². The molecule has 3 N–H and O–H groups in total. The van der Waals surface area contributed by atoms with Gasteiger partial charge in [0.25, 0.3) is 0 Å². The second-order valence-electron chi connectivity index (χ2n) is 4.88. The lowest BCUT2D eigenvalue weighted by Crippen LogP contribution is -2.19. The molecule has 2 aromatic carbocycles. The van der Waals surface area contributed by atoms with E-state index in [9.17, 15) is 0 Å². The van der Waals surface area contributed by atoms with Crippen molar-refractivity contribution in [1.82, 2.24) is 5.32 Å². The van der Waals surface area contributed by atoms with Crippen molar-refractivity contribution in [1.29, 1.82) is 0 Å². The first kappa shape index (κ1) is 15.2. The number of nitrogens with one attached hydrogen (secondary N) is 1. The van der Waals surface area contributed by atoms with Crippen molar-refractivity contribution >= 4 is 28.9 Å². The number of rotatable bonds is 4. The summed E-state index contributed by atoms with van der Waals surface area (Å²) in [4.78, 5) is 0. The predicted octanol–water partition coefficient (Wildman–Crippen LogP) is 4.24. The van der Waals surface area contributed by atoms with Gasteiger partial charge < -0.3 is 11.1 Å². The highest BCUT2D eigenvalue weighted by atomic mass is 35.5. The Kier molecular flexibility index (Phi) is 4.92. The molecule has 2 rings (SSSR count). The minimum atomic E-state index is 0.166. The third-order valence-corrected chi connectivity index (χ3v) is 4.06. The van der Waals surface area contributed by atoms with Crippen molar-refractivity contribution in [3.63, 3.8) is 0 Å². The van der Waals surface area contributed by atoms with E-state index >= 15 is 0 Å². The second-order valence-corrected chi connectivity index (χ2v) is 5.73. The fourth-order valence-corrected chi connectivity index (χ4v) is 2.92. The Bertz CT molecular complexity index is 611. The topological polar surface area (TPSA) is 38.0 Å². The van der Waals surface area contributed by atoms with Crippen LogP contribution in [0.3, 0.4) is 0 Å². The number of nitrogens with two attached hydrogens (primary N) is 1. The Morgan fingerprint density at radius 3 is 2.60 bits per heavy atom. The predicted molar refractivity (Wildman–Crippen MR) is 87.8 cm³/mol. The van der Waals surface area contributed by atoms with Gasteiger partial charge >= 0.3 is 0 Å². The summed E-state index contributed by atoms with van der Waals surface area (Å²) in [5, 5.41) is 4.57. The van der Waals surface area contributed by atoms with Crippen LogP contribution >= 0.6 is 23.2 Å². The van der Waals surface area contributed by atoms with Gasteiger partial charge in [0.1, 0.15) is 0 Å². The van der Waals surface area contributed by atoms with Crippen LogP contribution in [0.1, 0.15) is 22.6 Å². The number of likely N-dealkylation sites (N-methyl/N-ethyl adjacent to an activating group) is 1. The van der Waals surface area contributed by atoms with Gasteiger partial charge in [0.15, 0.2) is 0 Å². The van der Waals surface area contributed by atoms with Crippen molar-refractivity contribution in [2.45, 2.75) is 12.8 Å². The van der Waals surface area contributed by atoms with E-state index in [0.717, 1.165) is 28.9 Å². The zero-order valence-electron chi connectivity index (χ0n) is 11.6. The van der Waals surface area contributed by atoms with E-state index in [1.54, 1.807) is 6.07 Å². The van der Waals surface area contributed by atoms with Gasteiger partial charge in [-0.1, -0.05) is 35.3 Å². The summed E-state index contributed by atoms with van der Waals surface area (Å²) in [5.74, 6) is 0.166. The summed E-state index contributed by atoms with van der Waals surface area (Å²) >= 11 is 12.4. The Morgan fingerprint density at radius 1 is 1.20 bits per heavy atom. The second kappa shape index (κ2) is 6.49. The lowest BCUT2D eigenvalue weighted by Gasteiger charge is -2.21. The number of hydrogen-bond donors (Lipinski definition) is 2. The largest absolute Gasteiger partial charge is 0.399 e. The molecule has 4 heteroatoms. The highest BCUT2D eigenvalue weighted by molar-refractivity contribution is 6.35. The van der Waals surface area contributed by atoms with Crippen LogP contribution < -0.4 is 11.1 Å². The lowest BCUT2D eigenvalue weighted by molar-refractivity contribution is 0.705. The number of hydrogen-bond acceptors (Lipinski definition) is 2. The van der Waals surface area contributed by atoms with Crippen molar-refractivity contribution in [2.24, 2.45) is 0 Å². The quantitative estimate of drug-likeness (QED) is 0.829. The van der Waals surface area contributed by atoms with Crippen molar-refractivity contribution in [3.8, 4) is 0 Å². The third-order valence-electron chi connectivity index (χ3n) is 3.45. The van der Waals surface area contributed by atoms with Gasteiger partial charge in [-0.2, -0.15) is 0 Å². The maximum Gasteiger partial charge on any atom is 0.0452 e. The molecule has 1 atom stereocenters. The van der Waals surface area contributed by atoms with Crippen LogP contribution in [-0.2, 0) is 0 Å². The summed E-state index contributed by atoms with van der Waals surface area (Å²) in [6, 6.07) is 11.7.